The highest BCUT2D eigenvalue weighted by molar-refractivity contribution is 5.73. The van der Waals surface area contributed by atoms with Crippen LogP contribution in [0.1, 0.15) is 26.7 Å². The van der Waals surface area contributed by atoms with E-state index >= 15 is 0 Å². The molecular formula is C12H24N2O2. The number of hydrogen-bond donors (Lipinski definition) is 0. The van der Waals surface area contributed by atoms with Crippen molar-refractivity contribution >= 4 is 5.91 Å². The maximum Gasteiger partial charge on any atom is 0.219 e. The van der Waals surface area contributed by atoms with Gasteiger partial charge in [-0.2, -0.15) is 0 Å². The summed E-state index contributed by atoms with van der Waals surface area (Å²) in [7, 11) is 3.96. The first kappa shape index (κ1) is 13.5. The van der Waals surface area contributed by atoms with Crippen molar-refractivity contribution in [2.45, 2.75) is 32.7 Å². The maximum absolute atomic E-state index is 11.5. The molecule has 2 unspecified atom stereocenters. The third kappa shape index (κ3) is 4.10. The topological polar surface area (TPSA) is 32.8 Å². The van der Waals surface area contributed by atoms with Gasteiger partial charge in [-0.1, -0.05) is 6.92 Å². The Morgan fingerprint density at radius 3 is 2.75 bits per heavy atom. The Hall–Kier alpha value is -0.610. The lowest BCUT2D eigenvalue weighted by molar-refractivity contribution is -0.135. The summed E-state index contributed by atoms with van der Waals surface area (Å²) in [6.45, 7) is 6.05. The van der Waals surface area contributed by atoms with Crippen molar-refractivity contribution in [1.82, 2.24) is 9.80 Å². The van der Waals surface area contributed by atoms with Gasteiger partial charge in [-0.25, -0.2) is 0 Å². The Bertz CT molecular complexity index is 231. The molecule has 0 N–H and O–H groups in total. The quantitative estimate of drug-likeness (QED) is 0.677. The van der Waals surface area contributed by atoms with Gasteiger partial charge in [0, 0.05) is 13.5 Å². The van der Waals surface area contributed by atoms with E-state index in [1.54, 1.807) is 6.92 Å². The minimum Gasteiger partial charge on any atom is -0.364 e. The Balaban J connectivity index is 2.41. The molecule has 1 aliphatic rings. The molecule has 1 heterocycles. The molecule has 1 amide bonds. The van der Waals surface area contributed by atoms with Gasteiger partial charge in [0.1, 0.15) is 0 Å². The molecule has 0 aliphatic carbocycles. The monoisotopic (exact) mass is 228 g/mol. The molecule has 0 saturated carbocycles. The van der Waals surface area contributed by atoms with Gasteiger partial charge in [0.15, 0.2) is 0 Å². The summed E-state index contributed by atoms with van der Waals surface area (Å²) >= 11 is 0. The summed E-state index contributed by atoms with van der Waals surface area (Å²) in [5.74, 6) is 0.869. The van der Waals surface area contributed by atoms with Crippen molar-refractivity contribution in [2.75, 3.05) is 34.0 Å². The summed E-state index contributed by atoms with van der Waals surface area (Å²) in [6.07, 6.45) is 2.18. The fourth-order valence-corrected chi connectivity index (χ4v) is 2.20. The fourth-order valence-electron chi connectivity index (χ4n) is 2.20. The van der Waals surface area contributed by atoms with Crippen LogP contribution in [-0.4, -0.2) is 55.7 Å². The lowest BCUT2D eigenvalue weighted by Gasteiger charge is -2.38. The summed E-state index contributed by atoms with van der Waals surface area (Å²) < 4.78 is 5.60. The molecule has 0 aromatic carbocycles. The maximum atomic E-state index is 11.5. The number of hydrogen-bond acceptors (Lipinski definition) is 3. The number of carbonyl (C=O) groups is 1. The highest BCUT2D eigenvalue weighted by Gasteiger charge is 2.27. The minimum absolute atomic E-state index is 0.172. The van der Waals surface area contributed by atoms with Crippen LogP contribution in [0.2, 0.25) is 0 Å². The van der Waals surface area contributed by atoms with E-state index in [4.69, 9.17) is 4.74 Å². The zero-order chi connectivity index (χ0) is 12.1. The van der Waals surface area contributed by atoms with Crippen LogP contribution in [0.3, 0.4) is 0 Å². The SMILES string of the molecule is CC(=O)N1CCC(C)CC1COCN(C)C. The van der Waals surface area contributed by atoms with Gasteiger partial charge < -0.3 is 9.64 Å². The highest BCUT2D eigenvalue weighted by Crippen LogP contribution is 2.22. The van der Waals surface area contributed by atoms with Gasteiger partial charge in [0.2, 0.25) is 5.91 Å². The van der Waals surface area contributed by atoms with Crippen molar-refractivity contribution in [3.63, 3.8) is 0 Å². The van der Waals surface area contributed by atoms with Gasteiger partial charge in [0.05, 0.1) is 19.4 Å². The molecule has 1 saturated heterocycles. The average Bonchev–Trinajstić information content (AvgIpc) is 2.16. The molecule has 4 nitrogen and oxygen atoms in total. The zero-order valence-electron chi connectivity index (χ0n) is 10.9. The van der Waals surface area contributed by atoms with Gasteiger partial charge in [-0.3, -0.25) is 9.69 Å². The lowest BCUT2D eigenvalue weighted by atomic mass is 9.93. The molecule has 1 aliphatic heterocycles. The van der Waals surface area contributed by atoms with E-state index in [-0.39, 0.29) is 11.9 Å². The first-order valence-corrected chi connectivity index (χ1v) is 6.00. The molecule has 2 atom stereocenters. The van der Waals surface area contributed by atoms with Crippen LogP contribution in [-0.2, 0) is 9.53 Å². The van der Waals surface area contributed by atoms with Crippen molar-refractivity contribution in [3.05, 3.63) is 0 Å². The molecular weight excluding hydrogens is 204 g/mol. The molecule has 16 heavy (non-hydrogen) atoms. The van der Waals surface area contributed by atoms with Crippen molar-refractivity contribution in [1.29, 1.82) is 0 Å². The molecule has 94 valence electrons. The van der Waals surface area contributed by atoms with E-state index < -0.39 is 0 Å². The van der Waals surface area contributed by atoms with Crippen molar-refractivity contribution in [3.8, 4) is 0 Å². The summed E-state index contributed by atoms with van der Waals surface area (Å²) in [5, 5.41) is 0. The van der Waals surface area contributed by atoms with E-state index in [0.29, 0.717) is 19.3 Å². The third-order valence-corrected chi connectivity index (χ3v) is 3.04. The van der Waals surface area contributed by atoms with Gasteiger partial charge >= 0.3 is 0 Å². The average molecular weight is 228 g/mol. The number of rotatable bonds is 4. The summed E-state index contributed by atoms with van der Waals surface area (Å²) in [6, 6.07) is 0.265. The number of likely N-dealkylation sites (tertiary alicyclic amines) is 1. The lowest BCUT2D eigenvalue weighted by Crippen LogP contribution is -2.47. The summed E-state index contributed by atoms with van der Waals surface area (Å²) in [5.41, 5.74) is 0. The van der Waals surface area contributed by atoms with Gasteiger partial charge in [-0.15, -0.1) is 0 Å². The van der Waals surface area contributed by atoms with Crippen LogP contribution < -0.4 is 0 Å². The Labute approximate surface area is 98.5 Å². The molecule has 1 fully saturated rings. The number of piperidine rings is 1. The van der Waals surface area contributed by atoms with Crippen LogP contribution in [0.25, 0.3) is 0 Å². The Morgan fingerprint density at radius 1 is 1.50 bits per heavy atom. The van der Waals surface area contributed by atoms with E-state index in [0.717, 1.165) is 19.4 Å². The normalized spacial score (nSPS) is 26.2. The van der Waals surface area contributed by atoms with Crippen LogP contribution in [0.5, 0.6) is 0 Å². The number of carbonyl (C=O) groups excluding carboxylic acids is 1. The predicted molar refractivity (Wildman–Crippen MR) is 64.1 cm³/mol. The second kappa shape index (κ2) is 6.21. The van der Waals surface area contributed by atoms with Crippen molar-refractivity contribution < 1.29 is 9.53 Å². The van der Waals surface area contributed by atoms with E-state index in [1.165, 1.54) is 0 Å². The van der Waals surface area contributed by atoms with Crippen molar-refractivity contribution in [2.24, 2.45) is 5.92 Å². The Kier molecular flexibility index (Phi) is 5.22. The summed E-state index contributed by atoms with van der Waals surface area (Å²) in [4.78, 5) is 15.4. The molecule has 0 radical (unpaired) electrons. The van der Waals surface area contributed by atoms with E-state index in [9.17, 15) is 4.79 Å². The minimum atomic E-state index is 0.172. The smallest absolute Gasteiger partial charge is 0.219 e. The van der Waals surface area contributed by atoms with E-state index in [2.05, 4.69) is 6.92 Å². The predicted octanol–water partition coefficient (Wildman–Crippen LogP) is 1.17. The standard InChI is InChI=1S/C12H24N2O2/c1-10-5-6-14(11(2)15)12(7-10)8-16-9-13(3)4/h10,12H,5-9H2,1-4H3. The molecule has 0 spiro atoms. The van der Waals surface area contributed by atoms with Crippen LogP contribution >= 0.6 is 0 Å². The van der Waals surface area contributed by atoms with Crippen LogP contribution in [0.15, 0.2) is 0 Å². The van der Waals surface area contributed by atoms with E-state index in [1.807, 2.05) is 23.9 Å². The largest absolute Gasteiger partial charge is 0.364 e. The molecule has 0 bridgehead atoms. The van der Waals surface area contributed by atoms with Gasteiger partial charge in [-0.05, 0) is 32.9 Å². The first-order valence-electron chi connectivity index (χ1n) is 6.00. The number of nitrogens with zero attached hydrogens (tertiary/aromatic N) is 2. The second-order valence-corrected chi connectivity index (χ2v) is 5.08. The molecule has 4 heteroatoms. The first-order chi connectivity index (χ1) is 7.50. The molecule has 0 aromatic heterocycles. The molecule has 1 rings (SSSR count). The number of ether oxygens (including phenoxy) is 1. The fraction of sp³-hybridized carbons (Fsp3) is 0.917. The van der Waals surface area contributed by atoms with Crippen LogP contribution in [0, 0.1) is 5.92 Å². The molecule has 0 aromatic rings. The van der Waals surface area contributed by atoms with Crippen LogP contribution in [0.4, 0.5) is 0 Å². The Morgan fingerprint density at radius 2 is 2.19 bits per heavy atom. The highest BCUT2D eigenvalue weighted by atomic mass is 16.5. The zero-order valence-corrected chi connectivity index (χ0v) is 10.9. The van der Waals surface area contributed by atoms with Gasteiger partial charge in [0.25, 0.3) is 0 Å². The third-order valence-electron chi connectivity index (χ3n) is 3.04. The second-order valence-electron chi connectivity index (χ2n) is 5.08. The number of amides is 1.